The van der Waals surface area contributed by atoms with Crippen LogP contribution >= 0.6 is 11.8 Å². The van der Waals surface area contributed by atoms with Crippen molar-refractivity contribution in [1.82, 2.24) is 25.0 Å². The van der Waals surface area contributed by atoms with Crippen LogP contribution < -0.4 is 5.32 Å². The maximum absolute atomic E-state index is 12.5. The molecule has 3 rings (SSSR count). The fraction of sp³-hybridized carbons (Fsp3) is 0.263. The lowest BCUT2D eigenvalue weighted by atomic mass is 10.2. The summed E-state index contributed by atoms with van der Waals surface area (Å²) in [7, 11) is 0. The van der Waals surface area contributed by atoms with Gasteiger partial charge in [-0.25, -0.2) is 9.67 Å². The SMILES string of the molecule is CC(Sc1n[nH]c(/C=C/c2ccccc2)n1)C(=O)Nc1ccnn1C(C)C. The second kappa shape index (κ2) is 8.68. The summed E-state index contributed by atoms with van der Waals surface area (Å²) in [6.45, 7) is 5.85. The van der Waals surface area contributed by atoms with Gasteiger partial charge in [-0.3, -0.25) is 9.89 Å². The van der Waals surface area contributed by atoms with Crippen molar-refractivity contribution >= 4 is 35.6 Å². The number of aromatic nitrogens is 5. The third kappa shape index (κ3) is 5.07. The van der Waals surface area contributed by atoms with E-state index in [0.717, 1.165) is 5.56 Å². The average Bonchev–Trinajstić information content (AvgIpc) is 3.30. The van der Waals surface area contributed by atoms with E-state index in [1.54, 1.807) is 16.9 Å². The Morgan fingerprint density at radius 3 is 2.70 bits per heavy atom. The fourth-order valence-corrected chi connectivity index (χ4v) is 3.12. The van der Waals surface area contributed by atoms with E-state index in [2.05, 4.69) is 25.6 Å². The van der Waals surface area contributed by atoms with Gasteiger partial charge in [-0.15, -0.1) is 5.10 Å². The Morgan fingerprint density at radius 1 is 1.19 bits per heavy atom. The molecule has 2 heterocycles. The molecule has 7 nitrogen and oxygen atoms in total. The third-order valence-electron chi connectivity index (χ3n) is 3.78. The molecule has 0 bridgehead atoms. The molecule has 1 unspecified atom stereocenters. The van der Waals surface area contributed by atoms with Crippen LogP contribution in [0.25, 0.3) is 12.2 Å². The molecule has 27 heavy (non-hydrogen) atoms. The topological polar surface area (TPSA) is 88.5 Å². The molecule has 0 fully saturated rings. The van der Waals surface area contributed by atoms with Crippen molar-refractivity contribution in [2.45, 2.75) is 37.2 Å². The number of nitrogens with zero attached hydrogens (tertiary/aromatic N) is 4. The van der Waals surface area contributed by atoms with E-state index in [1.165, 1.54) is 11.8 Å². The van der Waals surface area contributed by atoms with Gasteiger partial charge < -0.3 is 5.32 Å². The lowest BCUT2D eigenvalue weighted by molar-refractivity contribution is -0.115. The predicted octanol–water partition coefficient (Wildman–Crippen LogP) is 3.87. The zero-order valence-corrected chi connectivity index (χ0v) is 16.3. The van der Waals surface area contributed by atoms with Crippen LogP contribution in [-0.2, 0) is 4.79 Å². The third-order valence-corrected chi connectivity index (χ3v) is 4.74. The molecule has 0 spiro atoms. The van der Waals surface area contributed by atoms with Gasteiger partial charge in [0.1, 0.15) is 11.6 Å². The quantitative estimate of drug-likeness (QED) is 0.606. The molecule has 1 atom stereocenters. The first-order chi connectivity index (χ1) is 13.0. The molecule has 0 aliphatic rings. The second-order valence-electron chi connectivity index (χ2n) is 6.25. The van der Waals surface area contributed by atoms with Crippen LogP contribution in [0.4, 0.5) is 5.82 Å². The molecule has 0 aliphatic heterocycles. The largest absolute Gasteiger partial charge is 0.310 e. The number of aromatic amines is 1. The van der Waals surface area contributed by atoms with Crippen LogP contribution in [0.1, 0.15) is 38.2 Å². The zero-order chi connectivity index (χ0) is 19.2. The minimum atomic E-state index is -0.345. The smallest absolute Gasteiger partial charge is 0.238 e. The summed E-state index contributed by atoms with van der Waals surface area (Å²) in [6.07, 6.45) is 5.49. The summed E-state index contributed by atoms with van der Waals surface area (Å²) >= 11 is 1.30. The van der Waals surface area contributed by atoms with E-state index in [-0.39, 0.29) is 17.2 Å². The van der Waals surface area contributed by atoms with Gasteiger partial charge in [0, 0.05) is 12.1 Å². The van der Waals surface area contributed by atoms with E-state index in [4.69, 9.17) is 0 Å². The van der Waals surface area contributed by atoms with Crippen LogP contribution in [0.2, 0.25) is 0 Å². The lowest BCUT2D eigenvalue weighted by Crippen LogP contribution is -2.24. The lowest BCUT2D eigenvalue weighted by Gasteiger charge is -2.14. The average molecular weight is 382 g/mol. The molecule has 0 saturated carbocycles. The van der Waals surface area contributed by atoms with E-state index in [0.29, 0.717) is 16.8 Å². The molecule has 2 N–H and O–H groups in total. The summed E-state index contributed by atoms with van der Waals surface area (Å²) in [4.78, 5) is 16.9. The summed E-state index contributed by atoms with van der Waals surface area (Å²) in [5.41, 5.74) is 1.08. The van der Waals surface area contributed by atoms with Gasteiger partial charge in [0.2, 0.25) is 11.1 Å². The first kappa shape index (κ1) is 18.9. The van der Waals surface area contributed by atoms with Crippen molar-refractivity contribution < 1.29 is 4.79 Å². The van der Waals surface area contributed by atoms with Gasteiger partial charge in [-0.2, -0.15) is 5.10 Å². The number of rotatable bonds is 7. The van der Waals surface area contributed by atoms with Crippen molar-refractivity contribution in [2.24, 2.45) is 0 Å². The summed E-state index contributed by atoms with van der Waals surface area (Å²) in [5.74, 6) is 1.21. The van der Waals surface area contributed by atoms with Crippen molar-refractivity contribution in [3.63, 3.8) is 0 Å². The molecule has 8 heteroatoms. The molecule has 3 aromatic rings. The molecular formula is C19H22N6OS. The number of hydrogen-bond donors (Lipinski definition) is 2. The Balaban J connectivity index is 1.58. The van der Waals surface area contributed by atoms with E-state index in [9.17, 15) is 4.79 Å². The number of benzene rings is 1. The maximum Gasteiger partial charge on any atom is 0.238 e. The predicted molar refractivity (Wildman–Crippen MR) is 108 cm³/mol. The number of thioether (sulfide) groups is 1. The van der Waals surface area contributed by atoms with Crippen molar-refractivity contribution in [3.8, 4) is 0 Å². The van der Waals surface area contributed by atoms with Gasteiger partial charge in [-0.05, 0) is 32.4 Å². The Kier molecular flexibility index (Phi) is 6.08. The van der Waals surface area contributed by atoms with Crippen molar-refractivity contribution in [2.75, 3.05) is 5.32 Å². The highest BCUT2D eigenvalue weighted by molar-refractivity contribution is 8.00. The number of nitrogens with one attached hydrogen (secondary N) is 2. The van der Waals surface area contributed by atoms with Crippen LogP contribution in [0.15, 0.2) is 47.8 Å². The number of carbonyl (C=O) groups is 1. The van der Waals surface area contributed by atoms with Gasteiger partial charge in [0.05, 0.1) is 11.4 Å². The standard InChI is InChI=1S/C19H22N6OS/c1-13(2)25-17(11-12-20-25)22-18(26)14(3)27-19-21-16(23-24-19)10-9-15-7-5-4-6-8-15/h4-14H,1-3H3,(H,22,26)(H,21,23,24)/b10-9+. The molecule has 140 valence electrons. The molecule has 1 amide bonds. The summed E-state index contributed by atoms with van der Waals surface area (Å²) in [6, 6.07) is 11.9. The first-order valence-electron chi connectivity index (χ1n) is 8.69. The number of hydrogen-bond acceptors (Lipinski definition) is 5. The normalized spacial score (nSPS) is 12.6. The fourth-order valence-electron chi connectivity index (χ4n) is 2.39. The van der Waals surface area contributed by atoms with Gasteiger partial charge >= 0.3 is 0 Å². The van der Waals surface area contributed by atoms with Gasteiger partial charge in [-0.1, -0.05) is 48.2 Å². The molecular weight excluding hydrogens is 360 g/mol. The van der Waals surface area contributed by atoms with Crippen LogP contribution in [-0.4, -0.2) is 36.1 Å². The number of amides is 1. The highest BCUT2D eigenvalue weighted by atomic mass is 32.2. The monoisotopic (exact) mass is 382 g/mol. The van der Waals surface area contributed by atoms with Crippen LogP contribution in [0.3, 0.4) is 0 Å². The summed E-state index contributed by atoms with van der Waals surface area (Å²) < 4.78 is 1.77. The minimum absolute atomic E-state index is 0.117. The number of carbonyl (C=O) groups excluding carboxylic acids is 1. The first-order valence-corrected chi connectivity index (χ1v) is 9.57. The Morgan fingerprint density at radius 2 is 1.96 bits per heavy atom. The zero-order valence-electron chi connectivity index (χ0n) is 15.5. The summed E-state index contributed by atoms with van der Waals surface area (Å²) in [5, 5.41) is 14.4. The molecule has 0 saturated heterocycles. The Bertz CT molecular complexity index is 915. The number of anilines is 1. The second-order valence-corrected chi connectivity index (χ2v) is 7.56. The van der Waals surface area contributed by atoms with Crippen molar-refractivity contribution in [1.29, 1.82) is 0 Å². The van der Waals surface area contributed by atoms with E-state index >= 15 is 0 Å². The van der Waals surface area contributed by atoms with Crippen LogP contribution in [0, 0.1) is 0 Å². The van der Waals surface area contributed by atoms with Gasteiger partial charge in [0.25, 0.3) is 0 Å². The highest BCUT2D eigenvalue weighted by Gasteiger charge is 2.19. The van der Waals surface area contributed by atoms with E-state index < -0.39 is 0 Å². The Hall–Kier alpha value is -2.87. The van der Waals surface area contributed by atoms with E-state index in [1.807, 2.05) is 63.3 Å². The Labute approximate surface area is 162 Å². The molecule has 2 aromatic heterocycles. The molecule has 0 aliphatic carbocycles. The number of H-pyrrole nitrogens is 1. The highest BCUT2D eigenvalue weighted by Crippen LogP contribution is 2.22. The maximum atomic E-state index is 12.5. The molecule has 1 aromatic carbocycles. The minimum Gasteiger partial charge on any atom is -0.310 e. The molecule has 0 radical (unpaired) electrons. The van der Waals surface area contributed by atoms with Crippen LogP contribution in [0.5, 0.6) is 0 Å². The van der Waals surface area contributed by atoms with Gasteiger partial charge in [0.15, 0.2) is 0 Å². The van der Waals surface area contributed by atoms with Crippen molar-refractivity contribution in [3.05, 3.63) is 54.0 Å².